The number of hydrogen-bond donors (Lipinski definition) is 1. The summed E-state index contributed by atoms with van der Waals surface area (Å²) in [5, 5.41) is 8.28. The smallest absolute Gasteiger partial charge is 0.141 e. The summed E-state index contributed by atoms with van der Waals surface area (Å²) in [6.45, 7) is 4.08. The molecule has 0 bridgehead atoms. The molecule has 0 atom stereocenters. The van der Waals surface area contributed by atoms with E-state index in [2.05, 4.69) is 16.4 Å². The van der Waals surface area contributed by atoms with Gasteiger partial charge in [-0.25, -0.2) is 4.68 Å². The Bertz CT molecular complexity index is 887. The number of methoxy groups -OCH3 is 2. The molecule has 124 valence electrons. The Morgan fingerprint density at radius 3 is 2.42 bits per heavy atom. The molecule has 3 rings (SSSR count). The first kappa shape index (κ1) is 15.9. The zero-order chi connectivity index (χ0) is 17.3. The molecule has 0 saturated carbocycles. The van der Waals surface area contributed by atoms with Crippen LogP contribution >= 0.6 is 0 Å². The van der Waals surface area contributed by atoms with Gasteiger partial charge in [0, 0.05) is 11.6 Å². The highest BCUT2D eigenvalue weighted by molar-refractivity contribution is 5.69. The Labute approximate surface area is 140 Å². The summed E-state index contributed by atoms with van der Waals surface area (Å²) < 4.78 is 12.4. The number of benzene rings is 2. The van der Waals surface area contributed by atoms with Crippen LogP contribution in [0.15, 0.2) is 36.5 Å². The third-order valence-corrected chi connectivity index (χ3v) is 4.14. The molecular formula is C18H20N4O2. The molecule has 0 spiro atoms. The summed E-state index contributed by atoms with van der Waals surface area (Å²) in [7, 11) is 3.26. The van der Waals surface area contributed by atoms with Gasteiger partial charge in [0.1, 0.15) is 11.5 Å². The average Bonchev–Trinajstić information content (AvgIpc) is 3.06. The number of nitrogens with zero attached hydrogens (tertiary/aromatic N) is 3. The van der Waals surface area contributed by atoms with Gasteiger partial charge in [-0.2, -0.15) is 0 Å². The molecule has 6 nitrogen and oxygen atoms in total. The van der Waals surface area contributed by atoms with Gasteiger partial charge in [-0.3, -0.25) is 0 Å². The van der Waals surface area contributed by atoms with Crippen LogP contribution in [-0.4, -0.2) is 29.2 Å². The third-order valence-electron chi connectivity index (χ3n) is 4.14. The quantitative estimate of drug-likeness (QED) is 0.746. The molecule has 1 aromatic heterocycles. The number of anilines is 1. The summed E-state index contributed by atoms with van der Waals surface area (Å²) in [6, 6.07) is 9.63. The molecule has 0 radical (unpaired) electrons. The zero-order valence-electron chi connectivity index (χ0n) is 14.2. The van der Waals surface area contributed by atoms with E-state index in [4.69, 9.17) is 15.2 Å². The van der Waals surface area contributed by atoms with E-state index in [1.807, 2.05) is 38.1 Å². The van der Waals surface area contributed by atoms with Gasteiger partial charge in [-0.1, -0.05) is 5.21 Å². The van der Waals surface area contributed by atoms with E-state index in [1.165, 1.54) is 0 Å². The van der Waals surface area contributed by atoms with E-state index in [-0.39, 0.29) is 0 Å². The van der Waals surface area contributed by atoms with Crippen molar-refractivity contribution in [1.82, 2.24) is 15.0 Å². The van der Waals surface area contributed by atoms with Crippen molar-refractivity contribution in [3.05, 3.63) is 47.7 Å². The summed E-state index contributed by atoms with van der Waals surface area (Å²) in [5.41, 5.74) is 11.5. The van der Waals surface area contributed by atoms with Gasteiger partial charge < -0.3 is 15.2 Å². The maximum atomic E-state index is 6.02. The van der Waals surface area contributed by atoms with Gasteiger partial charge in [-0.05, 0) is 49.2 Å². The fourth-order valence-corrected chi connectivity index (χ4v) is 2.66. The maximum absolute atomic E-state index is 6.02. The van der Waals surface area contributed by atoms with Crippen molar-refractivity contribution in [3.8, 4) is 28.4 Å². The molecule has 0 fully saturated rings. The van der Waals surface area contributed by atoms with Gasteiger partial charge in [0.05, 0.1) is 37.5 Å². The SMILES string of the molecule is COc1ccc(-c2cnnn2-c2cc(C)c(C)c(OC)c2)cc1N. The number of nitrogens with two attached hydrogens (primary N) is 1. The molecule has 3 aromatic rings. The number of hydrogen-bond acceptors (Lipinski definition) is 5. The van der Waals surface area contributed by atoms with Crippen LogP contribution < -0.4 is 15.2 Å². The predicted octanol–water partition coefficient (Wildman–Crippen LogP) is 3.15. The van der Waals surface area contributed by atoms with Crippen molar-refractivity contribution in [2.24, 2.45) is 0 Å². The molecule has 2 aromatic carbocycles. The minimum absolute atomic E-state index is 0.570. The number of aryl methyl sites for hydroxylation is 1. The molecule has 0 unspecified atom stereocenters. The lowest BCUT2D eigenvalue weighted by Gasteiger charge is -2.13. The Kier molecular flexibility index (Phi) is 4.12. The summed E-state index contributed by atoms with van der Waals surface area (Å²) in [5.74, 6) is 1.46. The highest BCUT2D eigenvalue weighted by atomic mass is 16.5. The van der Waals surface area contributed by atoms with E-state index in [9.17, 15) is 0 Å². The van der Waals surface area contributed by atoms with E-state index in [0.717, 1.165) is 33.8 Å². The topological polar surface area (TPSA) is 75.2 Å². The van der Waals surface area contributed by atoms with Crippen molar-refractivity contribution < 1.29 is 9.47 Å². The van der Waals surface area contributed by atoms with Crippen molar-refractivity contribution in [2.45, 2.75) is 13.8 Å². The van der Waals surface area contributed by atoms with Crippen LogP contribution in [0.2, 0.25) is 0 Å². The number of ether oxygens (including phenoxy) is 2. The molecule has 0 aliphatic rings. The fourth-order valence-electron chi connectivity index (χ4n) is 2.66. The maximum Gasteiger partial charge on any atom is 0.141 e. The van der Waals surface area contributed by atoms with Gasteiger partial charge in [-0.15, -0.1) is 5.10 Å². The third kappa shape index (κ3) is 2.67. The first-order valence-electron chi connectivity index (χ1n) is 7.55. The van der Waals surface area contributed by atoms with Gasteiger partial charge in [0.2, 0.25) is 0 Å². The van der Waals surface area contributed by atoms with Crippen molar-refractivity contribution in [2.75, 3.05) is 20.0 Å². The normalized spacial score (nSPS) is 10.7. The molecule has 2 N–H and O–H groups in total. The Hall–Kier alpha value is -3.02. The Morgan fingerprint density at radius 1 is 1.00 bits per heavy atom. The Balaban J connectivity index is 2.12. The van der Waals surface area contributed by atoms with Crippen molar-refractivity contribution >= 4 is 5.69 Å². The van der Waals surface area contributed by atoms with Crippen LogP contribution in [0.3, 0.4) is 0 Å². The summed E-state index contributed by atoms with van der Waals surface area (Å²) in [6.07, 6.45) is 1.71. The largest absolute Gasteiger partial charge is 0.496 e. The number of rotatable bonds is 4. The Morgan fingerprint density at radius 2 is 1.75 bits per heavy atom. The second kappa shape index (κ2) is 6.23. The molecule has 0 amide bonds. The first-order chi connectivity index (χ1) is 11.5. The predicted molar refractivity (Wildman–Crippen MR) is 93.8 cm³/mol. The molecule has 24 heavy (non-hydrogen) atoms. The summed E-state index contributed by atoms with van der Waals surface area (Å²) in [4.78, 5) is 0. The fraction of sp³-hybridized carbons (Fsp3) is 0.222. The van der Waals surface area contributed by atoms with Crippen molar-refractivity contribution in [1.29, 1.82) is 0 Å². The molecular weight excluding hydrogens is 304 g/mol. The van der Waals surface area contributed by atoms with Gasteiger partial charge in [0.25, 0.3) is 0 Å². The molecule has 0 saturated heterocycles. The number of nitrogen functional groups attached to an aromatic ring is 1. The second-order valence-electron chi connectivity index (χ2n) is 5.58. The highest BCUT2D eigenvalue weighted by Gasteiger charge is 2.13. The van der Waals surface area contributed by atoms with Crippen LogP contribution in [0.1, 0.15) is 11.1 Å². The minimum atomic E-state index is 0.570. The van der Waals surface area contributed by atoms with Crippen LogP contribution in [-0.2, 0) is 0 Å². The molecule has 0 aliphatic heterocycles. The standard InChI is InChI=1S/C18H20N4O2/c1-11-7-14(9-18(24-4)12(11)2)22-16(10-20-21-22)13-5-6-17(23-3)15(19)8-13/h5-10H,19H2,1-4H3. The van der Waals surface area contributed by atoms with Gasteiger partial charge in [0.15, 0.2) is 0 Å². The monoisotopic (exact) mass is 324 g/mol. The average molecular weight is 324 g/mol. The van der Waals surface area contributed by atoms with E-state index >= 15 is 0 Å². The zero-order valence-corrected chi connectivity index (χ0v) is 14.2. The lowest BCUT2D eigenvalue weighted by molar-refractivity contribution is 0.411. The molecule has 1 heterocycles. The lowest BCUT2D eigenvalue weighted by atomic mass is 10.1. The number of aromatic nitrogens is 3. The van der Waals surface area contributed by atoms with Crippen LogP contribution in [0, 0.1) is 13.8 Å². The lowest BCUT2D eigenvalue weighted by Crippen LogP contribution is -2.02. The van der Waals surface area contributed by atoms with E-state index in [0.29, 0.717) is 11.4 Å². The summed E-state index contributed by atoms with van der Waals surface area (Å²) >= 11 is 0. The second-order valence-corrected chi connectivity index (χ2v) is 5.58. The molecule has 0 aliphatic carbocycles. The van der Waals surface area contributed by atoms with E-state index < -0.39 is 0 Å². The first-order valence-corrected chi connectivity index (χ1v) is 7.55. The van der Waals surface area contributed by atoms with Crippen LogP contribution in [0.25, 0.3) is 16.9 Å². The van der Waals surface area contributed by atoms with Crippen LogP contribution in [0.4, 0.5) is 5.69 Å². The minimum Gasteiger partial charge on any atom is -0.496 e. The van der Waals surface area contributed by atoms with Gasteiger partial charge >= 0.3 is 0 Å². The van der Waals surface area contributed by atoms with Crippen LogP contribution in [0.5, 0.6) is 11.5 Å². The van der Waals surface area contributed by atoms with Crippen molar-refractivity contribution in [3.63, 3.8) is 0 Å². The molecule has 6 heteroatoms. The van der Waals surface area contributed by atoms with E-state index in [1.54, 1.807) is 25.1 Å². The highest BCUT2D eigenvalue weighted by Crippen LogP contribution is 2.31.